The van der Waals surface area contributed by atoms with Gasteiger partial charge in [0.2, 0.25) is 0 Å². The summed E-state index contributed by atoms with van der Waals surface area (Å²) >= 11 is 0. The lowest BCUT2D eigenvalue weighted by Gasteiger charge is -2.11. The van der Waals surface area contributed by atoms with Crippen LogP contribution in [0, 0.1) is 0 Å². The molecule has 0 heterocycles. The molecule has 0 fully saturated rings. The number of nitrogens with two attached hydrogens (primary N) is 1. The number of carbonyl (C=O) groups is 1. The Morgan fingerprint density at radius 1 is 1.29 bits per heavy atom. The number of ether oxygens (including phenoxy) is 1. The molecule has 3 nitrogen and oxygen atoms in total. The first kappa shape index (κ1) is 13.7. The lowest BCUT2D eigenvalue weighted by atomic mass is 10.1. The SMILES string of the molecule is CCCCCOC(=O)C(N)Cc1ccccc1. The molecule has 94 valence electrons. The Bertz CT molecular complexity index is 324. The number of carbonyl (C=O) groups excluding carboxylic acids is 1. The zero-order chi connectivity index (χ0) is 12.5. The van der Waals surface area contributed by atoms with E-state index < -0.39 is 6.04 Å². The van der Waals surface area contributed by atoms with Crippen LogP contribution in [0.15, 0.2) is 30.3 Å². The van der Waals surface area contributed by atoms with Crippen LogP contribution in [0.3, 0.4) is 0 Å². The molecule has 3 heteroatoms. The highest BCUT2D eigenvalue weighted by Crippen LogP contribution is 2.03. The van der Waals surface area contributed by atoms with Gasteiger partial charge in [-0.3, -0.25) is 4.79 Å². The summed E-state index contributed by atoms with van der Waals surface area (Å²) in [6, 6.07) is 9.19. The van der Waals surface area contributed by atoms with Gasteiger partial charge in [-0.15, -0.1) is 0 Å². The normalized spacial score (nSPS) is 12.1. The van der Waals surface area contributed by atoms with Crippen molar-refractivity contribution in [2.24, 2.45) is 5.73 Å². The molecule has 0 radical (unpaired) electrons. The molecule has 1 rings (SSSR count). The first-order valence-corrected chi connectivity index (χ1v) is 6.20. The molecule has 1 aromatic rings. The third-order valence-corrected chi connectivity index (χ3v) is 2.59. The molecule has 0 bridgehead atoms. The molecule has 0 aliphatic carbocycles. The van der Waals surface area contributed by atoms with Gasteiger partial charge in [0.1, 0.15) is 6.04 Å². The van der Waals surface area contributed by atoms with Crippen LogP contribution in [0.4, 0.5) is 0 Å². The Balaban J connectivity index is 2.27. The minimum atomic E-state index is -0.556. The van der Waals surface area contributed by atoms with Crippen molar-refractivity contribution >= 4 is 5.97 Å². The maximum absolute atomic E-state index is 11.6. The summed E-state index contributed by atoms with van der Waals surface area (Å²) in [4.78, 5) is 11.6. The lowest BCUT2D eigenvalue weighted by molar-refractivity contribution is -0.145. The summed E-state index contributed by atoms with van der Waals surface area (Å²) in [5.74, 6) is -0.301. The van der Waals surface area contributed by atoms with Gasteiger partial charge < -0.3 is 10.5 Å². The second-order valence-corrected chi connectivity index (χ2v) is 4.17. The monoisotopic (exact) mass is 235 g/mol. The maximum atomic E-state index is 11.6. The molecule has 1 aromatic carbocycles. The molecular weight excluding hydrogens is 214 g/mol. The Labute approximate surface area is 103 Å². The molecule has 0 spiro atoms. The fourth-order valence-electron chi connectivity index (χ4n) is 1.58. The average Bonchev–Trinajstić information content (AvgIpc) is 2.35. The minimum absolute atomic E-state index is 0.301. The summed E-state index contributed by atoms with van der Waals surface area (Å²) in [6.07, 6.45) is 3.66. The molecule has 0 saturated carbocycles. The highest BCUT2D eigenvalue weighted by molar-refractivity contribution is 5.75. The van der Waals surface area contributed by atoms with E-state index in [-0.39, 0.29) is 5.97 Å². The highest BCUT2D eigenvalue weighted by Gasteiger charge is 2.14. The Hall–Kier alpha value is -1.35. The van der Waals surface area contributed by atoms with Gasteiger partial charge in [-0.2, -0.15) is 0 Å². The van der Waals surface area contributed by atoms with Gasteiger partial charge in [-0.25, -0.2) is 0 Å². The van der Waals surface area contributed by atoms with E-state index in [9.17, 15) is 4.79 Å². The van der Waals surface area contributed by atoms with Crippen LogP contribution in [0.5, 0.6) is 0 Å². The van der Waals surface area contributed by atoms with Crippen LogP contribution in [0.1, 0.15) is 31.7 Å². The summed E-state index contributed by atoms with van der Waals surface area (Å²) in [7, 11) is 0. The molecule has 0 aromatic heterocycles. The van der Waals surface area contributed by atoms with Crippen LogP contribution < -0.4 is 5.73 Å². The number of esters is 1. The summed E-state index contributed by atoms with van der Waals surface area (Å²) < 4.78 is 5.11. The van der Waals surface area contributed by atoms with Crippen LogP contribution >= 0.6 is 0 Å². The van der Waals surface area contributed by atoms with Gasteiger partial charge in [-0.05, 0) is 18.4 Å². The zero-order valence-electron chi connectivity index (χ0n) is 10.4. The predicted octanol–water partition coefficient (Wildman–Crippen LogP) is 2.29. The quantitative estimate of drug-likeness (QED) is 0.582. The summed E-state index contributed by atoms with van der Waals surface area (Å²) in [5, 5.41) is 0. The summed E-state index contributed by atoms with van der Waals surface area (Å²) in [6.45, 7) is 2.60. The summed E-state index contributed by atoms with van der Waals surface area (Å²) in [5.41, 5.74) is 6.85. The molecule has 0 amide bonds. The molecule has 0 saturated heterocycles. The van der Waals surface area contributed by atoms with Crippen molar-refractivity contribution in [1.29, 1.82) is 0 Å². The lowest BCUT2D eigenvalue weighted by Crippen LogP contribution is -2.34. The van der Waals surface area contributed by atoms with Crippen LogP contribution in [0.25, 0.3) is 0 Å². The number of benzene rings is 1. The first-order valence-electron chi connectivity index (χ1n) is 6.20. The van der Waals surface area contributed by atoms with Crippen molar-refractivity contribution in [3.8, 4) is 0 Å². The van der Waals surface area contributed by atoms with Crippen molar-refractivity contribution in [2.45, 2.75) is 38.6 Å². The van der Waals surface area contributed by atoms with Crippen LogP contribution in [0.2, 0.25) is 0 Å². The predicted molar refractivity (Wildman–Crippen MR) is 68.6 cm³/mol. The second-order valence-electron chi connectivity index (χ2n) is 4.17. The van der Waals surface area contributed by atoms with Gasteiger partial charge in [0.05, 0.1) is 6.61 Å². The molecule has 0 aliphatic heterocycles. The van der Waals surface area contributed by atoms with E-state index in [1.54, 1.807) is 0 Å². The van der Waals surface area contributed by atoms with Gasteiger partial charge >= 0.3 is 5.97 Å². The topological polar surface area (TPSA) is 52.3 Å². The van der Waals surface area contributed by atoms with E-state index in [2.05, 4.69) is 6.92 Å². The molecular formula is C14H21NO2. The van der Waals surface area contributed by atoms with E-state index in [0.717, 1.165) is 24.8 Å². The molecule has 17 heavy (non-hydrogen) atoms. The number of hydrogen-bond acceptors (Lipinski definition) is 3. The maximum Gasteiger partial charge on any atom is 0.323 e. The molecule has 0 aliphatic rings. The van der Waals surface area contributed by atoms with Crippen LogP contribution in [-0.4, -0.2) is 18.6 Å². The van der Waals surface area contributed by atoms with Crippen molar-refractivity contribution in [3.63, 3.8) is 0 Å². The van der Waals surface area contributed by atoms with E-state index in [1.165, 1.54) is 0 Å². The van der Waals surface area contributed by atoms with Crippen molar-refractivity contribution in [2.75, 3.05) is 6.61 Å². The standard InChI is InChI=1S/C14H21NO2/c1-2-3-7-10-17-14(16)13(15)11-12-8-5-4-6-9-12/h4-6,8-9,13H,2-3,7,10-11,15H2,1H3. The average molecular weight is 235 g/mol. The largest absolute Gasteiger partial charge is 0.465 e. The number of hydrogen-bond donors (Lipinski definition) is 1. The number of rotatable bonds is 7. The number of unbranched alkanes of at least 4 members (excludes halogenated alkanes) is 2. The van der Waals surface area contributed by atoms with E-state index >= 15 is 0 Å². The Kier molecular flexibility index (Phi) is 6.33. The second kappa shape index (κ2) is 7.85. The molecule has 1 unspecified atom stereocenters. The third kappa shape index (κ3) is 5.50. The fraction of sp³-hybridized carbons (Fsp3) is 0.500. The molecule has 2 N–H and O–H groups in total. The smallest absolute Gasteiger partial charge is 0.323 e. The Morgan fingerprint density at radius 2 is 2.00 bits per heavy atom. The van der Waals surface area contributed by atoms with Crippen molar-refractivity contribution in [3.05, 3.63) is 35.9 Å². The minimum Gasteiger partial charge on any atom is -0.465 e. The van der Waals surface area contributed by atoms with Gasteiger partial charge in [0.25, 0.3) is 0 Å². The van der Waals surface area contributed by atoms with Gasteiger partial charge in [0, 0.05) is 0 Å². The van der Waals surface area contributed by atoms with E-state index in [0.29, 0.717) is 13.0 Å². The van der Waals surface area contributed by atoms with E-state index in [1.807, 2.05) is 30.3 Å². The fourth-order valence-corrected chi connectivity index (χ4v) is 1.58. The zero-order valence-corrected chi connectivity index (χ0v) is 10.4. The van der Waals surface area contributed by atoms with E-state index in [4.69, 9.17) is 10.5 Å². The first-order chi connectivity index (χ1) is 8.24. The Morgan fingerprint density at radius 3 is 2.65 bits per heavy atom. The highest BCUT2D eigenvalue weighted by atomic mass is 16.5. The molecule has 1 atom stereocenters. The van der Waals surface area contributed by atoms with Gasteiger partial charge in [-0.1, -0.05) is 50.1 Å². The van der Waals surface area contributed by atoms with Crippen LogP contribution in [-0.2, 0) is 16.0 Å². The van der Waals surface area contributed by atoms with Crippen molar-refractivity contribution < 1.29 is 9.53 Å². The van der Waals surface area contributed by atoms with Crippen molar-refractivity contribution in [1.82, 2.24) is 0 Å². The third-order valence-electron chi connectivity index (χ3n) is 2.59. The van der Waals surface area contributed by atoms with Gasteiger partial charge in [0.15, 0.2) is 0 Å².